The zero-order chi connectivity index (χ0) is 20.3. The number of esters is 1. The van der Waals surface area contributed by atoms with Crippen LogP contribution in [-0.4, -0.2) is 30.0 Å². The molecule has 9 heteroatoms. The number of nitro benzene ring substituents is 1. The number of carbonyl (C=O) groups excluding carboxylic acids is 2. The number of amides is 1. The summed E-state index contributed by atoms with van der Waals surface area (Å²) < 4.78 is 10.4. The van der Waals surface area contributed by atoms with Crippen LogP contribution in [0.25, 0.3) is 0 Å². The number of benzene rings is 1. The number of methoxy groups -OCH3 is 1. The Morgan fingerprint density at radius 1 is 1.29 bits per heavy atom. The quantitative estimate of drug-likeness (QED) is 0.446. The number of ether oxygens (including phenoxy) is 2. The van der Waals surface area contributed by atoms with Crippen molar-refractivity contribution in [3.05, 3.63) is 49.7 Å². The smallest absolute Gasteiger partial charge is 0.340 e. The van der Waals surface area contributed by atoms with Crippen molar-refractivity contribution in [1.29, 1.82) is 0 Å². The van der Waals surface area contributed by atoms with E-state index in [-0.39, 0.29) is 17.1 Å². The van der Waals surface area contributed by atoms with Gasteiger partial charge in [-0.05, 0) is 44.2 Å². The van der Waals surface area contributed by atoms with Crippen LogP contribution in [0.4, 0.5) is 11.4 Å². The normalized spacial score (nSPS) is 13.9. The van der Waals surface area contributed by atoms with Crippen molar-refractivity contribution >= 4 is 34.6 Å². The van der Waals surface area contributed by atoms with E-state index in [1.165, 1.54) is 37.1 Å². The number of non-ortho nitro benzene ring substituents is 1. The number of nitrogens with one attached hydrogen (secondary N) is 1. The van der Waals surface area contributed by atoms with Gasteiger partial charge in [0.25, 0.3) is 11.6 Å². The van der Waals surface area contributed by atoms with Gasteiger partial charge in [-0.25, -0.2) is 4.79 Å². The lowest BCUT2D eigenvalue weighted by atomic mass is 9.96. The van der Waals surface area contributed by atoms with E-state index in [1.54, 1.807) is 16.7 Å². The maximum Gasteiger partial charge on any atom is 0.340 e. The molecule has 0 spiro atoms. The molecule has 148 valence electrons. The Hall–Kier alpha value is -2.94. The molecule has 1 atom stereocenters. The van der Waals surface area contributed by atoms with Gasteiger partial charge in [0.15, 0.2) is 6.10 Å². The van der Waals surface area contributed by atoms with Gasteiger partial charge in [0.1, 0.15) is 5.75 Å². The van der Waals surface area contributed by atoms with Gasteiger partial charge in [-0.2, -0.15) is 0 Å². The summed E-state index contributed by atoms with van der Waals surface area (Å²) in [5, 5.41) is 15.2. The Kier molecular flexibility index (Phi) is 5.93. The lowest BCUT2D eigenvalue weighted by molar-refractivity contribution is -0.384. The number of nitrogens with zero attached hydrogens (tertiary/aromatic N) is 1. The van der Waals surface area contributed by atoms with Crippen LogP contribution in [0.15, 0.2) is 23.6 Å². The van der Waals surface area contributed by atoms with Crippen molar-refractivity contribution in [3.63, 3.8) is 0 Å². The summed E-state index contributed by atoms with van der Waals surface area (Å²) in [6.45, 7) is 1.48. The largest absolute Gasteiger partial charge is 0.494 e. The van der Waals surface area contributed by atoms with Crippen molar-refractivity contribution in [3.8, 4) is 5.75 Å². The Balaban J connectivity index is 1.67. The van der Waals surface area contributed by atoms with Crippen LogP contribution in [0.5, 0.6) is 5.75 Å². The first kappa shape index (κ1) is 19.8. The maximum atomic E-state index is 12.5. The summed E-state index contributed by atoms with van der Waals surface area (Å²) in [6, 6.07) is 3.84. The standard InChI is InChI=1S/C19H20N2O6S/c1-11(27-19(23)14-10-28-17-6-4-3-5-13(14)17)18(22)20-15-8-7-12(21(24)25)9-16(15)26-2/h7-11H,3-6H2,1-2H3,(H,20,22)/t11-/m1/s1. The first-order valence-corrected chi connectivity index (χ1v) is 9.72. The van der Waals surface area contributed by atoms with Crippen LogP contribution in [0.3, 0.4) is 0 Å². The highest BCUT2D eigenvalue weighted by Gasteiger charge is 2.25. The summed E-state index contributed by atoms with van der Waals surface area (Å²) in [5.74, 6) is -0.921. The third-order valence-electron chi connectivity index (χ3n) is 4.59. The molecule has 0 saturated carbocycles. The molecule has 0 saturated heterocycles. The summed E-state index contributed by atoms with van der Waals surface area (Å²) in [5.41, 5.74) is 1.67. The van der Waals surface area contributed by atoms with E-state index < -0.39 is 22.9 Å². The van der Waals surface area contributed by atoms with E-state index in [4.69, 9.17) is 9.47 Å². The van der Waals surface area contributed by atoms with Crippen molar-refractivity contribution in [1.82, 2.24) is 0 Å². The molecular weight excluding hydrogens is 384 g/mol. The van der Waals surface area contributed by atoms with Crippen molar-refractivity contribution in [2.24, 2.45) is 0 Å². The SMILES string of the molecule is COc1cc([N+](=O)[O-])ccc1NC(=O)[C@@H](C)OC(=O)c1csc2c1CCCC2. The summed E-state index contributed by atoms with van der Waals surface area (Å²) in [4.78, 5) is 36.4. The third-order valence-corrected chi connectivity index (χ3v) is 5.68. The average molecular weight is 404 g/mol. The highest BCUT2D eigenvalue weighted by atomic mass is 32.1. The average Bonchev–Trinajstić information content (AvgIpc) is 3.12. The Morgan fingerprint density at radius 3 is 2.75 bits per heavy atom. The number of fused-ring (bicyclic) bond motifs is 1. The van der Waals surface area contributed by atoms with Gasteiger partial charge in [-0.1, -0.05) is 0 Å². The van der Waals surface area contributed by atoms with Gasteiger partial charge < -0.3 is 14.8 Å². The molecule has 1 aliphatic carbocycles. The fourth-order valence-electron chi connectivity index (χ4n) is 3.07. The van der Waals surface area contributed by atoms with Crippen molar-refractivity contribution in [2.45, 2.75) is 38.7 Å². The predicted molar refractivity (Wildman–Crippen MR) is 104 cm³/mol. The summed E-state index contributed by atoms with van der Waals surface area (Å²) >= 11 is 1.55. The van der Waals surface area contributed by atoms with Gasteiger partial charge in [-0.15, -0.1) is 11.3 Å². The fourth-order valence-corrected chi connectivity index (χ4v) is 4.19. The molecule has 0 fully saturated rings. The van der Waals surface area contributed by atoms with E-state index in [1.807, 2.05) is 0 Å². The highest BCUT2D eigenvalue weighted by molar-refractivity contribution is 7.10. The summed E-state index contributed by atoms with van der Waals surface area (Å²) in [7, 11) is 1.35. The van der Waals surface area contributed by atoms with E-state index >= 15 is 0 Å². The van der Waals surface area contributed by atoms with Crippen LogP contribution in [-0.2, 0) is 22.4 Å². The van der Waals surface area contributed by atoms with Gasteiger partial charge in [0.2, 0.25) is 0 Å². The zero-order valence-corrected chi connectivity index (χ0v) is 16.3. The minimum Gasteiger partial charge on any atom is -0.494 e. The number of rotatable bonds is 6. The lowest BCUT2D eigenvalue weighted by Crippen LogP contribution is -2.30. The third kappa shape index (κ3) is 4.14. The molecule has 28 heavy (non-hydrogen) atoms. The first-order valence-electron chi connectivity index (χ1n) is 8.84. The Bertz CT molecular complexity index is 923. The van der Waals surface area contributed by atoms with Gasteiger partial charge >= 0.3 is 5.97 Å². The second-order valence-electron chi connectivity index (χ2n) is 6.44. The minimum atomic E-state index is -1.04. The monoisotopic (exact) mass is 404 g/mol. The minimum absolute atomic E-state index is 0.146. The maximum absolute atomic E-state index is 12.5. The van der Waals surface area contributed by atoms with Crippen LogP contribution in [0.2, 0.25) is 0 Å². The highest BCUT2D eigenvalue weighted by Crippen LogP contribution is 2.31. The van der Waals surface area contributed by atoms with Gasteiger partial charge in [-0.3, -0.25) is 14.9 Å². The molecule has 1 aromatic heterocycles. The molecule has 8 nitrogen and oxygen atoms in total. The fraction of sp³-hybridized carbons (Fsp3) is 0.368. The molecule has 2 aromatic rings. The van der Waals surface area contributed by atoms with Gasteiger partial charge in [0, 0.05) is 16.3 Å². The molecule has 0 aliphatic heterocycles. The van der Waals surface area contributed by atoms with E-state index in [2.05, 4.69) is 5.32 Å². The number of anilines is 1. The molecule has 0 unspecified atom stereocenters. The molecule has 1 aromatic carbocycles. The molecule has 1 amide bonds. The molecular formula is C19H20N2O6S. The number of thiophene rings is 1. The number of carbonyl (C=O) groups is 2. The number of hydrogen-bond acceptors (Lipinski definition) is 7. The van der Waals surface area contributed by atoms with Crippen LogP contribution in [0, 0.1) is 10.1 Å². The van der Waals surface area contributed by atoms with Gasteiger partial charge in [0.05, 0.1) is 29.4 Å². The van der Waals surface area contributed by atoms with Crippen molar-refractivity contribution < 1.29 is 24.0 Å². The Labute approximate surface area is 165 Å². The number of nitro groups is 1. The van der Waals surface area contributed by atoms with E-state index in [0.717, 1.165) is 31.2 Å². The number of hydrogen-bond donors (Lipinski definition) is 1. The number of aryl methyl sites for hydroxylation is 1. The molecule has 1 heterocycles. The second kappa shape index (κ2) is 8.39. The molecule has 1 aliphatic rings. The van der Waals surface area contributed by atoms with E-state index in [0.29, 0.717) is 5.56 Å². The van der Waals surface area contributed by atoms with Crippen molar-refractivity contribution in [2.75, 3.05) is 12.4 Å². The topological polar surface area (TPSA) is 108 Å². The molecule has 0 radical (unpaired) electrons. The lowest BCUT2D eigenvalue weighted by Gasteiger charge is -2.16. The van der Waals surface area contributed by atoms with Crippen LogP contribution in [0.1, 0.15) is 40.6 Å². The van der Waals surface area contributed by atoms with E-state index in [9.17, 15) is 19.7 Å². The predicted octanol–water partition coefficient (Wildman–Crippen LogP) is 3.73. The van der Waals surface area contributed by atoms with Crippen LogP contribution < -0.4 is 10.1 Å². The summed E-state index contributed by atoms with van der Waals surface area (Å²) in [6.07, 6.45) is 2.96. The molecule has 3 rings (SSSR count). The Morgan fingerprint density at radius 2 is 2.04 bits per heavy atom. The molecule has 1 N–H and O–H groups in total. The first-order chi connectivity index (χ1) is 13.4. The molecule has 0 bridgehead atoms. The zero-order valence-electron chi connectivity index (χ0n) is 15.5. The second-order valence-corrected chi connectivity index (χ2v) is 7.40. The van der Waals surface area contributed by atoms with Crippen LogP contribution >= 0.6 is 11.3 Å².